The standard InChI is InChI=1S/C25H33N3O3/c1-31-24(29)22(17-8-3-2-4-9-17)26-25(30)28-13-7-10-18-14-19-15-20(23(18)28)16-27-12-6-5-11-21(19)27/h2-4,8-9,14,19-23H,5-7,10-13,15-16H2,1H3,(H,26,30)/t19-,20+,21+,22+,23+/m1/s1. The normalized spacial score (nSPS) is 31.0. The fraction of sp³-hybridized carbons (Fsp3) is 0.600. The zero-order chi connectivity index (χ0) is 21.4. The first-order chi connectivity index (χ1) is 15.2. The molecule has 1 N–H and O–H groups in total. The molecule has 6 nitrogen and oxygen atoms in total. The maximum absolute atomic E-state index is 13.5. The van der Waals surface area contributed by atoms with Crippen molar-refractivity contribution in [3.8, 4) is 0 Å². The molecule has 0 spiro atoms. The Bertz CT molecular complexity index is 855. The first kappa shape index (κ1) is 20.6. The Morgan fingerprint density at radius 3 is 2.77 bits per heavy atom. The van der Waals surface area contributed by atoms with Gasteiger partial charge in [-0.1, -0.05) is 48.4 Å². The molecule has 5 atom stereocenters. The fourth-order valence-corrected chi connectivity index (χ4v) is 6.45. The van der Waals surface area contributed by atoms with E-state index in [1.807, 2.05) is 35.2 Å². The molecule has 166 valence electrons. The summed E-state index contributed by atoms with van der Waals surface area (Å²) in [6, 6.07) is 9.26. The first-order valence-corrected chi connectivity index (χ1v) is 11.8. The predicted octanol–water partition coefficient (Wildman–Crippen LogP) is 3.51. The van der Waals surface area contributed by atoms with E-state index in [9.17, 15) is 9.59 Å². The molecule has 1 aromatic carbocycles. The van der Waals surface area contributed by atoms with E-state index in [1.165, 1.54) is 44.9 Å². The van der Waals surface area contributed by atoms with Crippen LogP contribution in [0.15, 0.2) is 42.0 Å². The van der Waals surface area contributed by atoms with Crippen LogP contribution in [0.4, 0.5) is 4.79 Å². The summed E-state index contributed by atoms with van der Waals surface area (Å²) in [6.07, 6.45) is 9.71. The molecule has 3 heterocycles. The van der Waals surface area contributed by atoms with Crippen molar-refractivity contribution in [2.75, 3.05) is 26.7 Å². The summed E-state index contributed by atoms with van der Waals surface area (Å²) >= 11 is 0. The second-order valence-corrected chi connectivity index (χ2v) is 9.52. The van der Waals surface area contributed by atoms with Gasteiger partial charge in [-0.25, -0.2) is 9.59 Å². The van der Waals surface area contributed by atoms with Gasteiger partial charge in [0.2, 0.25) is 0 Å². The van der Waals surface area contributed by atoms with Crippen molar-refractivity contribution >= 4 is 12.0 Å². The van der Waals surface area contributed by atoms with Crippen LogP contribution in [0.5, 0.6) is 0 Å². The van der Waals surface area contributed by atoms with E-state index in [2.05, 4.69) is 16.3 Å². The average Bonchev–Trinajstić information content (AvgIpc) is 2.82. The largest absolute Gasteiger partial charge is 0.467 e. The van der Waals surface area contributed by atoms with Crippen LogP contribution in [-0.4, -0.2) is 60.6 Å². The molecule has 5 rings (SSSR count). The lowest BCUT2D eigenvalue weighted by Crippen LogP contribution is -2.61. The van der Waals surface area contributed by atoms with Crippen molar-refractivity contribution in [3.63, 3.8) is 0 Å². The molecule has 31 heavy (non-hydrogen) atoms. The summed E-state index contributed by atoms with van der Waals surface area (Å²) in [7, 11) is 1.37. The van der Waals surface area contributed by atoms with Crippen LogP contribution in [0.2, 0.25) is 0 Å². The Kier molecular flexibility index (Phi) is 5.74. The lowest BCUT2D eigenvalue weighted by Gasteiger charge is -2.54. The van der Waals surface area contributed by atoms with E-state index in [-0.39, 0.29) is 12.1 Å². The third-order valence-corrected chi connectivity index (χ3v) is 7.76. The van der Waals surface area contributed by atoms with Crippen LogP contribution in [-0.2, 0) is 9.53 Å². The van der Waals surface area contributed by atoms with Crippen LogP contribution < -0.4 is 5.32 Å². The lowest BCUT2D eigenvalue weighted by molar-refractivity contribution is -0.143. The van der Waals surface area contributed by atoms with Crippen molar-refractivity contribution in [1.82, 2.24) is 15.1 Å². The molecule has 3 saturated heterocycles. The Morgan fingerprint density at radius 2 is 1.97 bits per heavy atom. The number of nitrogens with zero attached hydrogens (tertiary/aromatic N) is 2. The highest BCUT2D eigenvalue weighted by Gasteiger charge is 2.47. The van der Waals surface area contributed by atoms with Gasteiger partial charge < -0.3 is 15.0 Å². The molecule has 2 amide bonds. The SMILES string of the molecule is COC(=O)[C@@H](NC(=O)N1CCCC2=C[C@@H]3C[C@@H](CN4CCCC[C@@H]34)[C@H]21)c1ccccc1. The Hall–Kier alpha value is -2.34. The monoisotopic (exact) mass is 423 g/mol. The third kappa shape index (κ3) is 3.86. The summed E-state index contributed by atoms with van der Waals surface area (Å²) in [5, 5.41) is 2.99. The van der Waals surface area contributed by atoms with Gasteiger partial charge in [0.25, 0.3) is 0 Å². The van der Waals surface area contributed by atoms with Crippen LogP contribution >= 0.6 is 0 Å². The quantitative estimate of drug-likeness (QED) is 0.597. The highest BCUT2D eigenvalue weighted by Crippen LogP contribution is 2.45. The molecule has 1 aromatic rings. The third-order valence-electron chi connectivity index (χ3n) is 7.76. The number of hydrogen-bond acceptors (Lipinski definition) is 4. The number of fused-ring (bicyclic) bond motifs is 6. The number of amides is 2. The van der Waals surface area contributed by atoms with Gasteiger partial charge in [-0.05, 0) is 56.0 Å². The smallest absolute Gasteiger partial charge is 0.333 e. The Morgan fingerprint density at radius 1 is 1.13 bits per heavy atom. The zero-order valence-corrected chi connectivity index (χ0v) is 18.3. The minimum Gasteiger partial charge on any atom is -0.467 e. The topological polar surface area (TPSA) is 61.9 Å². The summed E-state index contributed by atoms with van der Waals surface area (Å²) in [4.78, 5) is 30.6. The van der Waals surface area contributed by atoms with Crippen molar-refractivity contribution < 1.29 is 14.3 Å². The first-order valence-electron chi connectivity index (χ1n) is 11.8. The number of benzene rings is 1. The molecule has 0 aromatic heterocycles. The molecule has 0 saturated carbocycles. The predicted molar refractivity (Wildman–Crippen MR) is 118 cm³/mol. The number of esters is 1. The number of nitrogens with one attached hydrogen (secondary N) is 1. The van der Waals surface area contributed by atoms with Gasteiger partial charge in [0.15, 0.2) is 6.04 Å². The number of hydrogen-bond donors (Lipinski definition) is 1. The van der Waals surface area contributed by atoms with Gasteiger partial charge in [-0.15, -0.1) is 0 Å². The van der Waals surface area contributed by atoms with Crippen LogP contribution in [0.25, 0.3) is 0 Å². The van der Waals surface area contributed by atoms with Gasteiger partial charge in [-0.3, -0.25) is 4.90 Å². The van der Waals surface area contributed by atoms with Crippen LogP contribution in [0.1, 0.15) is 50.1 Å². The second kappa shape index (κ2) is 8.65. The lowest BCUT2D eigenvalue weighted by atomic mass is 9.68. The van der Waals surface area contributed by atoms with Gasteiger partial charge in [-0.2, -0.15) is 0 Å². The Balaban J connectivity index is 1.38. The van der Waals surface area contributed by atoms with Crippen molar-refractivity contribution in [2.24, 2.45) is 11.8 Å². The highest BCUT2D eigenvalue weighted by atomic mass is 16.5. The van der Waals surface area contributed by atoms with Crippen LogP contribution in [0.3, 0.4) is 0 Å². The van der Waals surface area contributed by atoms with E-state index in [4.69, 9.17) is 4.74 Å². The zero-order valence-electron chi connectivity index (χ0n) is 18.3. The molecule has 6 heteroatoms. The van der Waals surface area contributed by atoms with E-state index < -0.39 is 12.0 Å². The molecule has 0 unspecified atom stereocenters. The molecule has 2 bridgehead atoms. The van der Waals surface area contributed by atoms with Crippen molar-refractivity contribution in [1.29, 1.82) is 0 Å². The summed E-state index contributed by atoms with van der Waals surface area (Å²) in [6.45, 7) is 3.02. The fourth-order valence-electron chi connectivity index (χ4n) is 6.45. The number of piperidine rings is 3. The number of carbonyl (C=O) groups is 2. The van der Waals surface area contributed by atoms with E-state index in [1.54, 1.807) is 0 Å². The number of methoxy groups -OCH3 is 1. The molecule has 4 aliphatic rings. The highest BCUT2D eigenvalue weighted by molar-refractivity contribution is 5.85. The average molecular weight is 424 g/mol. The second-order valence-electron chi connectivity index (χ2n) is 9.52. The van der Waals surface area contributed by atoms with Gasteiger partial charge >= 0.3 is 12.0 Å². The number of rotatable bonds is 3. The number of urea groups is 1. The van der Waals surface area contributed by atoms with Gasteiger partial charge in [0, 0.05) is 19.1 Å². The van der Waals surface area contributed by atoms with E-state index in [0.717, 1.165) is 31.5 Å². The number of likely N-dealkylation sites (tertiary alicyclic amines) is 1. The summed E-state index contributed by atoms with van der Waals surface area (Å²) < 4.78 is 5.00. The molecular weight excluding hydrogens is 390 g/mol. The molecular formula is C25H33N3O3. The van der Waals surface area contributed by atoms with Gasteiger partial charge in [0.05, 0.1) is 13.2 Å². The molecule has 0 radical (unpaired) electrons. The number of ether oxygens (including phenoxy) is 1. The molecule has 1 aliphatic carbocycles. The van der Waals surface area contributed by atoms with Crippen molar-refractivity contribution in [2.45, 2.75) is 56.7 Å². The summed E-state index contributed by atoms with van der Waals surface area (Å²) in [5.41, 5.74) is 2.19. The maximum Gasteiger partial charge on any atom is 0.333 e. The molecule has 3 fully saturated rings. The summed E-state index contributed by atoms with van der Waals surface area (Å²) in [5.74, 6) is 0.684. The minimum absolute atomic E-state index is 0.155. The van der Waals surface area contributed by atoms with E-state index >= 15 is 0 Å². The van der Waals surface area contributed by atoms with Crippen LogP contribution in [0, 0.1) is 11.8 Å². The minimum atomic E-state index is -0.790. The van der Waals surface area contributed by atoms with E-state index in [0.29, 0.717) is 17.9 Å². The maximum atomic E-state index is 13.5. The van der Waals surface area contributed by atoms with Crippen molar-refractivity contribution in [3.05, 3.63) is 47.5 Å². The number of carbonyl (C=O) groups excluding carboxylic acids is 2. The van der Waals surface area contributed by atoms with Gasteiger partial charge in [0.1, 0.15) is 0 Å². The Labute approximate surface area is 184 Å². The molecule has 3 aliphatic heterocycles.